The number of rotatable bonds is 5. The van der Waals surface area contributed by atoms with Crippen LogP contribution in [0.25, 0.3) is 11.7 Å². The molecule has 0 atom stereocenters. The molecule has 1 amide bonds. The van der Waals surface area contributed by atoms with Gasteiger partial charge in [0, 0.05) is 18.0 Å². The molecule has 2 aromatic carbocycles. The minimum absolute atomic E-state index is 0.146. The van der Waals surface area contributed by atoms with E-state index in [0.717, 1.165) is 28.1 Å². The van der Waals surface area contributed by atoms with Crippen LogP contribution in [0.4, 0.5) is 5.69 Å². The minimum atomic E-state index is -0.204. The van der Waals surface area contributed by atoms with Crippen molar-refractivity contribution in [3.63, 3.8) is 0 Å². The van der Waals surface area contributed by atoms with Gasteiger partial charge < -0.3 is 4.74 Å². The standard InChI is InChI=1S/C28H24N4O3S/c1-18-12-19(2)14-22(13-18)32-27(34)24(15-20-7-9-23(35-3)10-8-20)30-28(32)36-17-21-16-26(33)31-11-5-4-6-25(31)29-21/h4-16H,17H2,1-3H3/b24-15-. The van der Waals surface area contributed by atoms with Gasteiger partial charge in [0.05, 0.1) is 18.5 Å². The number of thioether (sulfide) groups is 1. The Morgan fingerprint density at radius 1 is 0.972 bits per heavy atom. The highest BCUT2D eigenvalue weighted by Crippen LogP contribution is 2.32. The summed E-state index contributed by atoms with van der Waals surface area (Å²) in [7, 11) is 1.61. The van der Waals surface area contributed by atoms with Crippen molar-refractivity contribution in [2.24, 2.45) is 4.99 Å². The number of nitrogens with zero attached hydrogens (tertiary/aromatic N) is 4. The van der Waals surface area contributed by atoms with Crippen LogP contribution in [0.1, 0.15) is 22.4 Å². The SMILES string of the molecule is COc1ccc(/C=C2\N=C(SCc3cc(=O)n4ccccc4n3)N(c3cc(C)cc(C)c3)C2=O)cc1. The summed E-state index contributed by atoms with van der Waals surface area (Å²) < 4.78 is 6.73. The molecule has 3 heterocycles. The number of carbonyl (C=O) groups excluding carboxylic acids is 1. The zero-order chi connectivity index (χ0) is 25.2. The number of carbonyl (C=O) groups is 1. The van der Waals surface area contributed by atoms with Crippen LogP contribution in [0.2, 0.25) is 0 Å². The number of anilines is 1. The lowest BCUT2D eigenvalue weighted by molar-refractivity contribution is -0.113. The van der Waals surface area contributed by atoms with Crippen molar-refractivity contribution in [1.29, 1.82) is 0 Å². The first-order chi connectivity index (χ1) is 17.4. The number of aryl methyl sites for hydroxylation is 2. The predicted octanol–water partition coefficient (Wildman–Crippen LogP) is 5.00. The van der Waals surface area contributed by atoms with Crippen LogP contribution in [-0.2, 0) is 10.5 Å². The maximum Gasteiger partial charge on any atom is 0.283 e. The van der Waals surface area contributed by atoms with Crippen LogP contribution in [0.15, 0.2) is 88.4 Å². The van der Waals surface area contributed by atoms with Crippen molar-refractivity contribution in [2.45, 2.75) is 19.6 Å². The molecule has 0 radical (unpaired) electrons. The lowest BCUT2D eigenvalue weighted by Crippen LogP contribution is -2.30. The first-order valence-electron chi connectivity index (χ1n) is 11.4. The molecule has 4 aromatic rings. The molecule has 0 aliphatic carbocycles. The van der Waals surface area contributed by atoms with Gasteiger partial charge in [0.1, 0.15) is 17.1 Å². The maximum atomic E-state index is 13.5. The van der Waals surface area contributed by atoms with Crippen molar-refractivity contribution < 1.29 is 9.53 Å². The fourth-order valence-electron chi connectivity index (χ4n) is 4.07. The van der Waals surface area contributed by atoms with Gasteiger partial charge in [-0.2, -0.15) is 0 Å². The molecular weight excluding hydrogens is 472 g/mol. The Morgan fingerprint density at radius 3 is 2.44 bits per heavy atom. The van der Waals surface area contributed by atoms with Crippen molar-refractivity contribution in [3.05, 3.63) is 111 Å². The van der Waals surface area contributed by atoms with E-state index in [9.17, 15) is 9.59 Å². The number of ether oxygens (including phenoxy) is 1. The molecule has 0 bridgehead atoms. The van der Waals surface area contributed by atoms with E-state index < -0.39 is 0 Å². The Kier molecular flexibility index (Phi) is 6.43. The number of hydrogen-bond acceptors (Lipinski definition) is 6. The van der Waals surface area contributed by atoms with Crippen molar-refractivity contribution in [2.75, 3.05) is 12.0 Å². The summed E-state index contributed by atoms with van der Waals surface area (Å²) in [4.78, 5) is 37.0. The first-order valence-corrected chi connectivity index (χ1v) is 12.4. The molecular formula is C28H24N4O3S. The van der Waals surface area contributed by atoms with Crippen molar-refractivity contribution in [1.82, 2.24) is 9.38 Å². The van der Waals surface area contributed by atoms with E-state index in [4.69, 9.17) is 9.73 Å². The number of fused-ring (bicyclic) bond motifs is 1. The van der Waals surface area contributed by atoms with Gasteiger partial charge >= 0.3 is 0 Å². The summed E-state index contributed by atoms with van der Waals surface area (Å²) in [6.45, 7) is 4.00. The summed E-state index contributed by atoms with van der Waals surface area (Å²) in [5.41, 5.74) is 5.11. The van der Waals surface area contributed by atoms with E-state index in [1.54, 1.807) is 36.4 Å². The molecule has 0 N–H and O–H groups in total. The third-order valence-corrected chi connectivity index (χ3v) is 6.66. The smallest absolute Gasteiger partial charge is 0.283 e. The number of hydrogen-bond donors (Lipinski definition) is 0. The molecule has 1 aliphatic heterocycles. The number of aliphatic imine (C=N–C) groups is 1. The van der Waals surface area contributed by atoms with Gasteiger partial charge in [-0.1, -0.05) is 36.0 Å². The molecule has 180 valence electrons. The third-order valence-electron chi connectivity index (χ3n) is 5.69. The van der Waals surface area contributed by atoms with Crippen LogP contribution in [0.3, 0.4) is 0 Å². The minimum Gasteiger partial charge on any atom is -0.497 e. The van der Waals surface area contributed by atoms with Crippen LogP contribution >= 0.6 is 11.8 Å². The van der Waals surface area contributed by atoms with E-state index >= 15 is 0 Å². The number of methoxy groups -OCH3 is 1. The largest absolute Gasteiger partial charge is 0.497 e. The molecule has 1 aliphatic rings. The average molecular weight is 497 g/mol. The molecule has 2 aromatic heterocycles. The van der Waals surface area contributed by atoms with Crippen LogP contribution < -0.4 is 15.2 Å². The van der Waals surface area contributed by atoms with Gasteiger partial charge in [-0.15, -0.1) is 0 Å². The highest BCUT2D eigenvalue weighted by molar-refractivity contribution is 8.13. The Hall–Kier alpha value is -4.17. The van der Waals surface area contributed by atoms with E-state index in [1.807, 2.05) is 56.3 Å². The average Bonchev–Trinajstić information content (AvgIpc) is 3.17. The summed E-state index contributed by atoms with van der Waals surface area (Å²) in [6, 6.07) is 20.4. The van der Waals surface area contributed by atoms with E-state index in [1.165, 1.54) is 22.2 Å². The fourth-order valence-corrected chi connectivity index (χ4v) is 4.98. The van der Waals surface area contributed by atoms with E-state index in [0.29, 0.717) is 28.0 Å². The Bertz CT molecular complexity index is 1570. The monoisotopic (exact) mass is 496 g/mol. The summed E-state index contributed by atoms with van der Waals surface area (Å²) in [6.07, 6.45) is 3.46. The molecule has 0 unspecified atom stereocenters. The van der Waals surface area contributed by atoms with Gasteiger partial charge in [-0.3, -0.25) is 18.9 Å². The summed E-state index contributed by atoms with van der Waals surface area (Å²) in [5.74, 6) is 0.930. The van der Waals surface area contributed by atoms with Crippen molar-refractivity contribution in [3.8, 4) is 5.75 Å². The number of pyridine rings is 1. The normalized spacial score (nSPS) is 14.5. The number of amidine groups is 1. The maximum absolute atomic E-state index is 13.5. The molecule has 0 saturated heterocycles. The second-order valence-electron chi connectivity index (χ2n) is 8.49. The molecule has 0 fully saturated rings. The zero-order valence-corrected chi connectivity index (χ0v) is 21.0. The number of benzene rings is 2. The first kappa shape index (κ1) is 23.6. The van der Waals surface area contributed by atoms with Crippen LogP contribution in [-0.4, -0.2) is 27.6 Å². The number of amides is 1. The van der Waals surface area contributed by atoms with Crippen LogP contribution in [0, 0.1) is 13.8 Å². The quantitative estimate of drug-likeness (QED) is 0.364. The fraction of sp³-hybridized carbons (Fsp3) is 0.143. The second-order valence-corrected chi connectivity index (χ2v) is 9.43. The Balaban J connectivity index is 1.50. The Labute approximate surface area is 212 Å². The van der Waals surface area contributed by atoms with Gasteiger partial charge in [0.25, 0.3) is 11.5 Å². The zero-order valence-electron chi connectivity index (χ0n) is 20.1. The molecule has 5 rings (SSSR count). The second kappa shape index (κ2) is 9.83. The van der Waals surface area contributed by atoms with Gasteiger partial charge in [-0.25, -0.2) is 9.98 Å². The molecule has 36 heavy (non-hydrogen) atoms. The predicted molar refractivity (Wildman–Crippen MR) is 145 cm³/mol. The highest BCUT2D eigenvalue weighted by atomic mass is 32.2. The van der Waals surface area contributed by atoms with E-state index in [2.05, 4.69) is 11.1 Å². The topological polar surface area (TPSA) is 76.3 Å². The van der Waals surface area contributed by atoms with Gasteiger partial charge in [0.2, 0.25) is 0 Å². The molecule has 7 nitrogen and oxygen atoms in total. The molecule has 0 spiro atoms. The van der Waals surface area contributed by atoms with Crippen LogP contribution in [0.5, 0.6) is 5.75 Å². The van der Waals surface area contributed by atoms with Gasteiger partial charge in [-0.05, 0) is 73.0 Å². The highest BCUT2D eigenvalue weighted by Gasteiger charge is 2.32. The third kappa shape index (κ3) is 4.81. The number of aromatic nitrogens is 2. The lowest BCUT2D eigenvalue weighted by atomic mass is 10.1. The molecule has 0 saturated carbocycles. The van der Waals surface area contributed by atoms with Gasteiger partial charge in [0.15, 0.2) is 5.17 Å². The summed E-state index contributed by atoms with van der Waals surface area (Å²) >= 11 is 1.38. The van der Waals surface area contributed by atoms with E-state index in [-0.39, 0.29) is 11.5 Å². The summed E-state index contributed by atoms with van der Waals surface area (Å²) in [5, 5.41) is 0.542. The molecule has 8 heteroatoms. The van der Waals surface area contributed by atoms with Crippen molar-refractivity contribution >= 4 is 40.2 Å². The lowest BCUT2D eigenvalue weighted by Gasteiger charge is -2.19. The Morgan fingerprint density at radius 2 is 1.72 bits per heavy atom.